The maximum atomic E-state index is 12.9. The molecule has 124 valence electrons. The van der Waals surface area contributed by atoms with E-state index in [2.05, 4.69) is 0 Å². The second-order valence-corrected chi connectivity index (χ2v) is 7.12. The minimum Gasteiger partial charge on any atom is -0.506 e. The van der Waals surface area contributed by atoms with Crippen LogP contribution in [0, 0.1) is 0 Å². The van der Waals surface area contributed by atoms with Crippen molar-refractivity contribution >= 4 is 20.7 Å². The van der Waals surface area contributed by atoms with Gasteiger partial charge in [-0.1, -0.05) is 12.1 Å². The fraction of sp³-hybridized carbons (Fsp3) is 0.118. The first-order chi connectivity index (χ1) is 11.4. The Kier molecular flexibility index (Phi) is 3.81. The minimum atomic E-state index is -4.18. The number of ether oxygens (including phenoxy) is 1. The average Bonchev–Trinajstić information content (AvgIpc) is 2.60. The van der Waals surface area contributed by atoms with Gasteiger partial charge >= 0.3 is 0 Å². The molecular formula is C17H15NO5S. The van der Waals surface area contributed by atoms with E-state index in [-0.39, 0.29) is 4.90 Å². The van der Waals surface area contributed by atoms with E-state index in [9.17, 15) is 18.3 Å². The Morgan fingerprint density at radius 2 is 1.67 bits per heavy atom. The van der Waals surface area contributed by atoms with Crippen LogP contribution in [0.4, 0.5) is 0 Å². The van der Waals surface area contributed by atoms with Gasteiger partial charge in [0.05, 0.1) is 17.5 Å². The number of sulfone groups is 1. The Bertz CT molecular complexity index is 1080. The lowest BCUT2D eigenvalue weighted by molar-refractivity contribution is 0.414. The first kappa shape index (κ1) is 16.1. The van der Waals surface area contributed by atoms with E-state index < -0.39 is 26.0 Å². The summed E-state index contributed by atoms with van der Waals surface area (Å²) in [5.41, 5.74) is -0.323. The molecule has 1 N–H and O–H groups in total. The van der Waals surface area contributed by atoms with E-state index in [1.54, 1.807) is 24.3 Å². The molecule has 7 heteroatoms. The number of aromatic hydroxyl groups is 1. The summed E-state index contributed by atoms with van der Waals surface area (Å²) in [7, 11) is -1.24. The predicted octanol–water partition coefficient (Wildman–Crippen LogP) is 2.09. The van der Waals surface area contributed by atoms with Crippen LogP contribution in [0.5, 0.6) is 11.5 Å². The van der Waals surface area contributed by atoms with Gasteiger partial charge in [0.2, 0.25) is 9.84 Å². The lowest BCUT2D eigenvalue weighted by atomic mass is 10.2. The third-order valence-corrected chi connectivity index (χ3v) is 5.67. The summed E-state index contributed by atoms with van der Waals surface area (Å²) in [6.45, 7) is 0. The molecule has 0 atom stereocenters. The monoisotopic (exact) mass is 345 g/mol. The largest absolute Gasteiger partial charge is 0.506 e. The summed E-state index contributed by atoms with van der Waals surface area (Å²) in [5, 5.41) is 10.7. The second kappa shape index (κ2) is 5.68. The number of aromatic nitrogens is 1. The van der Waals surface area contributed by atoms with Crippen LogP contribution in [0.25, 0.3) is 10.9 Å². The standard InChI is InChI=1S/C17H15NO5S/c1-18-14-6-4-3-5-13(14)15(19)16(17(18)20)24(21,22)12-9-7-11(23-2)8-10-12/h3-10,19H,1-2H3. The molecule has 0 saturated heterocycles. The lowest BCUT2D eigenvalue weighted by Crippen LogP contribution is -2.24. The molecule has 0 unspecified atom stereocenters. The fourth-order valence-corrected chi connectivity index (χ4v) is 4.03. The molecule has 0 aliphatic rings. The highest BCUT2D eigenvalue weighted by Gasteiger charge is 2.28. The molecule has 1 aromatic heterocycles. The van der Waals surface area contributed by atoms with Crippen LogP contribution in [-0.4, -0.2) is 25.2 Å². The third-order valence-electron chi connectivity index (χ3n) is 3.87. The van der Waals surface area contributed by atoms with Crippen LogP contribution in [0.15, 0.2) is 63.1 Å². The van der Waals surface area contributed by atoms with Crippen LogP contribution in [0.1, 0.15) is 0 Å². The summed E-state index contributed by atoms with van der Waals surface area (Å²) in [5.74, 6) is -0.0471. The molecule has 1 heterocycles. The lowest BCUT2D eigenvalue weighted by Gasteiger charge is -2.12. The summed E-state index contributed by atoms with van der Waals surface area (Å²) in [4.78, 5) is 11.8. The van der Waals surface area contributed by atoms with E-state index in [0.717, 1.165) is 0 Å². The number of benzene rings is 2. The van der Waals surface area contributed by atoms with Gasteiger partial charge in [0.15, 0.2) is 4.90 Å². The SMILES string of the molecule is COc1ccc(S(=O)(=O)c2c(O)c3ccccc3n(C)c2=O)cc1. The van der Waals surface area contributed by atoms with Gasteiger partial charge in [-0.15, -0.1) is 0 Å². The molecule has 3 aromatic rings. The Hall–Kier alpha value is -2.80. The van der Waals surface area contributed by atoms with Crippen LogP contribution in [0.2, 0.25) is 0 Å². The fourth-order valence-electron chi connectivity index (χ4n) is 2.57. The van der Waals surface area contributed by atoms with Crippen LogP contribution >= 0.6 is 0 Å². The Labute approximate surface area is 138 Å². The van der Waals surface area contributed by atoms with E-state index >= 15 is 0 Å². The molecule has 6 nitrogen and oxygen atoms in total. The van der Waals surface area contributed by atoms with Crippen molar-refractivity contribution in [3.8, 4) is 11.5 Å². The van der Waals surface area contributed by atoms with Crippen LogP contribution in [0.3, 0.4) is 0 Å². The van der Waals surface area contributed by atoms with Crippen molar-refractivity contribution in [1.82, 2.24) is 4.57 Å². The maximum absolute atomic E-state index is 12.9. The Morgan fingerprint density at radius 3 is 2.29 bits per heavy atom. The number of methoxy groups -OCH3 is 1. The van der Waals surface area contributed by atoms with Crippen molar-refractivity contribution in [3.05, 3.63) is 58.9 Å². The Balaban J connectivity index is 2.34. The highest BCUT2D eigenvalue weighted by atomic mass is 32.2. The topological polar surface area (TPSA) is 85.6 Å². The number of hydrogen-bond acceptors (Lipinski definition) is 5. The van der Waals surface area contributed by atoms with Crippen molar-refractivity contribution in [2.24, 2.45) is 7.05 Å². The zero-order valence-electron chi connectivity index (χ0n) is 13.1. The van der Waals surface area contributed by atoms with Crippen LogP contribution in [-0.2, 0) is 16.9 Å². The van der Waals surface area contributed by atoms with Gasteiger partial charge < -0.3 is 14.4 Å². The number of hydrogen-bond donors (Lipinski definition) is 1. The van der Waals surface area contributed by atoms with Crippen molar-refractivity contribution in [1.29, 1.82) is 0 Å². The molecule has 0 amide bonds. The number of pyridine rings is 1. The molecule has 3 rings (SSSR count). The van der Waals surface area contributed by atoms with Gasteiger partial charge in [0.25, 0.3) is 5.56 Å². The van der Waals surface area contributed by atoms with Crippen molar-refractivity contribution in [2.75, 3.05) is 7.11 Å². The van der Waals surface area contributed by atoms with Gasteiger partial charge in [0.1, 0.15) is 11.5 Å². The molecule has 0 spiro atoms. The number of fused-ring (bicyclic) bond motifs is 1. The Morgan fingerprint density at radius 1 is 1.04 bits per heavy atom. The highest BCUT2D eigenvalue weighted by Crippen LogP contribution is 2.32. The van der Waals surface area contributed by atoms with Gasteiger partial charge in [-0.25, -0.2) is 8.42 Å². The summed E-state index contributed by atoms with van der Waals surface area (Å²) in [6, 6.07) is 12.2. The van der Waals surface area contributed by atoms with E-state index in [1.807, 2.05) is 0 Å². The molecule has 0 radical (unpaired) electrons. The van der Waals surface area contributed by atoms with Crippen molar-refractivity contribution < 1.29 is 18.3 Å². The van der Waals surface area contributed by atoms with Crippen LogP contribution < -0.4 is 10.3 Å². The van der Waals surface area contributed by atoms with Crippen molar-refractivity contribution in [2.45, 2.75) is 9.79 Å². The summed E-state index contributed by atoms with van der Waals surface area (Å²) < 4.78 is 31.9. The molecule has 24 heavy (non-hydrogen) atoms. The second-order valence-electron chi connectivity index (χ2n) is 5.24. The number of rotatable bonds is 3. The van der Waals surface area contributed by atoms with Gasteiger partial charge in [-0.2, -0.15) is 0 Å². The zero-order valence-corrected chi connectivity index (χ0v) is 13.9. The third kappa shape index (κ3) is 2.33. The van der Waals surface area contributed by atoms with Gasteiger partial charge in [0, 0.05) is 12.4 Å². The normalized spacial score (nSPS) is 11.6. The predicted molar refractivity (Wildman–Crippen MR) is 89.3 cm³/mol. The zero-order chi connectivity index (χ0) is 17.5. The van der Waals surface area contributed by atoms with Gasteiger partial charge in [-0.05, 0) is 36.4 Å². The maximum Gasteiger partial charge on any atom is 0.273 e. The highest BCUT2D eigenvalue weighted by molar-refractivity contribution is 7.91. The molecule has 0 saturated carbocycles. The number of aryl methyl sites for hydroxylation is 1. The smallest absolute Gasteiger partial charge is 0.273 e. The number of nitrogens with zero attached hydrogens (tertiary/aromatic N) is 1. The van der Waals surface area contributed by atoms with E-state index in [4.69, 9.17) is 4.74 Å². The first-order valence-electron chi connectivity index (χ1n) is 7.07. The molecule has 0 bridgehead atoms. The minimum absolute atomic E-state index is 0.0917. The molecular weight excluding hydrogens is 330 g/mol. The molecule has 0 aliphatic heterocycles. The van der Waals surface area contributed by atoms with E-state index in [1.165, 1.54) is 43.0 Å². The molecule has 2 aromatic carbocycles. The van der Waals surface area contributed by atoms with Gasteiger partial charge in [-0.3, -0.25) is 4.79 Å². The van der Waals surface area contributed by atoms with Crippen molar-refractivity contribution in [3.63, 3.8) is 0 Å². The number of para-hydroxylation sites is 1. The summed E-state index contributed by atoms with van der Waals surface area (Å²) >= 11 is 0. The first-order valence-corrected chi connectivity index (χ1v) is 8.56. The molecule has 0 fully saturated rings. The average molecular weight is 345 g/mol. The summed E-state index contributed by atoms with van der Waals surface area (Å²) in [6.07, 6.45) is 0. The molecule has 0 aliphatic carbocycles. The quantitative estimate of drug-likeness (QED) is 0.785. The van der Waals surface area contributed by atoms with E-state index in [0.29, 0.717) is 16.7 Å².